The molecule has 2 rings (SSSR count). The van der Waals surface area contributed by atoms with Crippen molar-refractivity contribution in [2.45, 2.75) is 13.8 Å². The summed E-state index contributed by atoms with van der Waals surface area (Å²) in [6.07, 6.45) is 2.60. The third-order valence-corrected chi connectivity index (χ3v) is 2.98. The minimum absolute atomic E-state index is 0.601. The lowest BCUT2D eigenvalue weighted by Gasteiger charge is -2.08. The van der Waals surface area contributed by atoms with Gasteiger partial charge in [0.15, 0.2) is 5.75 Å². The fourth-order valence-electron chi connectivity index (χ4n) is 1.88. The van der Waals surface area contributed by atoms with Gasteiger partial charge in [0.1, 0.15) is 11.4 Å². The van der Waals surface area contributed by atoms with Gasteiger partial charge >= 0.3 is 5.97 Å². The standard InChI is InChI=1S/C15H16N2O3/c1-10-15(11(2)17(3)16-10)20-13-7-5-4-6-12(13)8-9-14(18)19/h4-9H,1-3H3,(H,18,19). The molecule has 1 N–H and O–H groups in total. The molecule has 0 unspecified atom stereocenters. The molecule has 0 spiro atoms. The van der Waals surface area contributed by atoms with Crippen LogP contribution in [0.15, 0.2) is 30.3 Å². The average Bonchev–Trinajstić information content (AvgIpc) is 2.64. The highest BCUT2D eigenvalue weighted by atomic mass is 16.5. The van der Waals surface area contributed by atoms with Crippen molar-refractivity contribution >= 4 is 12.0 Å². The molecule has 0 atom stereocenters. The van der Waals surface area contributed by atoms with E-state index in [0.717, 1.165) is 17.5 Å². The molecule has 104 valence electrons. The molecule has 20 heavy (non-hydrogen) atoms. The number of carboxylic acids is 1. The Hall–Kier alpha value is -2.56. The molecule has 5 nitrogen and oxygen atoms in total. The number of hydrogen-bond donors (Lipinski definition) is 1. The van der Waals surface area contributed by atoms with Gasteiger partial charge in [0.05, 0.1) is 5.69 Å². The van der Waals surface area contributed by atoms with Gasteiger partial charge < -0.3 is 9.84 Å². The molecule has 0 bridgehead atoms. The van der Waals surface area contributed by atoms with Crippen molar-refractivity contribution in [2.24, 2.45) is 7.05 Å². The monoisotopic (exact) mass is 272 g/mol. The molecule has 1 aromatic heterocycles. The van der Waals surface area contributed by atoms with E-state index in [1.807, 2.05) is 33.0 Å². The van der Waals surface area contributed by atoms with Crippen LogP contribution < -0.4 is 4.74 Å². The van der Waals surface area contributed by atoms with Crippen molar-refractivity contribution in [3.63, 3.8) is 0 Å². The number of para-hydroxylation sites is 1. The van der Waals surface area contributed by atoms with Crippen LogP contribution in [0.5, 0.6) is 11.5 Å². The van der Waals surface area contributed by atoms with Crippen LogP contribution in [0.2, 0.25) is 0 Å². The van der Waals surface area contributed by atoms with E-state index in [1.54, 1.807) is 16.8 Å². The maximum Gasteiger partial charge on any atom is 0.328 e. The minimum atomic E-state index is -0.992. The van der Waals surface area contributed by atoms with Crippen molar-refractivity contribution in [1.29, 1.82) is 0 Å². The van der Waals surface area contributed by atoms with Crippen molar-refractivity contribution in [3.05, 3.63) is 47.3 Å². The van der Waals surface area contributed by atoms with Crippen LogP contribution >= 0.6 is 0 Å². The van der Waals surface area contributed by atoms with Crippen molar-refractivity contribution in [2.75, 3.05) is 0 Å². The molecule has 2 aromatic rings. The van der Waals surface area contributed by atoms with Crippen LogP contribution in [0.3, 0.4) is 0 Å². The first kappa shape index (κ1) is 13.9. The first-order chi connectivity index (χ1) is 9.49. The van der Waals surface area contributed by atoms with Gasteiger partial charge in [-0.25, -0.2) is 4.79 Å². The molecule has 5 heteroatoms. The molecular formula is C15H16N2O3. The molecule has 0 aliphatic rings. The number of ether oxygens (including phenoxy) is 1. The van der Waals surface area contributed by atoms with Gasteiger partial charge in [-0.05, 0) is 26.0 Å². The van der Waals surface area contributed by atoms with Crippen LogP contribution in [-0.2, 0) is 11.8 Å². The summed E-state index contributed by atoms with van der Waals surface area (Å²) in [6.45, 7) is 3.79. The van der Waals surface area contributed by atoms with E-state index in [-0.39, 0.29) is 0 Å². The summed E-state index contributed by atoms with van der Waals surface area (Å²) in [5.41, 5.74) is 2.42. The highest BCUT2D eigenvalue weighted by Crippen LogP contribution is 2.30. The fourth-order valence-corrected chi connectivity index (χ4v) is 1.88. The lowest BCUT2D eigenvalue weighted by atomic mass is 10.2. The van der Waals surface area contributed by atoms with E-state index < -0.39 is 5.97 Å². The van der Waals surface area contributed by atoms with Gasteiger partial charge in [-0.2, -0.15) is 5.10 Å². The number of carbonyl (C=O) groups is 1. The van der Waals surface area contributed by atoms with Crippen LogP contribution in [0.4, 0.5) is 0 Å². The van der Waals surface area contributed by atoms with E-state index >= 15 is 0 Å². The molecule has 0 aliphatic heterocycles. The first-order valence-electron chi connectivity index (χ1n) is 6.17. The van der Waals surface area contributed by atoms with E-state index in [1.165, 1.54) is 6.08 Å². The maximum atomic E-state index is 10.6. The van der Waals surface area contributed by atoms with E-state index in [2.05, 4.69) is 5.10 Å². The second-order valence-corrected chi connectivity index (χ2v) is 4.44. The van der Waals surface area contributed by atoms with E-state index in [0.29, 0.717) is 17.1 Å². The number of rotatable bonds is 4. The van der Waals surface area contributed by atoms with E-state index in [4.69, 9.17) is 9.84 Å². The van der Waals surface area contributed by atoms with Gasteiger partial charge in [-0.1, -0.05) is 18.2 Å². The zero-order valence-electron chi connectivity index (χ0n) is 11.6. The van der Waals surface area contributed by atoms with Gasteiger partial charge in [0.2, 0.25) is 0 Å². The van der Waals surface area contributed by atoms with Crippen molar-refractivity contribution in [3.8, 4) is 11.5 Å². The molecule has 0 fully saturated rings. The second-order valence-electron chi connectivity index (χ2n) is 4.44. The lowest BCUT2D eigenvalue weighted by molar-refractivity contribution is -0.131. The van der Waals surface area contributed by atoms with Gasteiger partial charge in [0, 0.05) is 18.7 Å². The third-order valence-electron chi connectivity index (χ3n) is 2.98. The Morgan fingerprint density at radius 3 is 2.65 bits per heavy atom. The molecule has 0 aliphatic carbocycles. The normalized spacial score (nSPS) is 10.9. The smallest absolute Gasteiger partial charge is 0.328 e. The summed E-state index contributed by atoms with van der Waals surface area (Å²) < 4.78 is 7.65. The minimum Gasteiger partial charge on any atom is -0.478 e. The summed E-state index contributed by atoms with van der Waals surface area (Å²) in [5, 5.41) is 13.0. The molecule has 1 heterocycles. The Morgan fingerprint density at radius 1 is 1.35 bits per heavy atom. The number of aryl methyl sites for hydroxylation is 2. The Morgan fingerprint density at radius 2 is 2.05 bits per heavy atom. The number of carboxylic acid groups (broad SMARTS) is 1. The summed E-state index contributed by atoms with van der Waals surface area (Å²) >= 11 is 0. The largest absolute Gasteiger partial charge is 0.478 e. The number of hydrogen-bond acceptors (Lipinski definition) is 3. The number of nitrogens with zero attached hydrogens (tertiary/aromatic N) is 2. The van der Waals surface area contributed by atoms with Crippen molar-refractivity contribution < 1.29 is 14.6 Å². The van der Waals surface area contributed by atoms with Crippen LogP contribution in [-0.4, -0.2) is 20.9 Å². The molecule has 0 amide bonds. The van der Waals surface area contributed by atoms with Gasteiger partial charge in [0.25, 0.3) is 0 Å². The summed E-state index contributed by atoms with van der Waals surface area (Å²) in [7, 11) is 1.85. The quantitative estimate of drug-likeness (QED) is 0.869. The fraction of sp³-hybridized carbons (Fsp3) is 0.200. The average molecular weight is 272 g/mol. The number of aromatic nitrogens is 2. The maximum absolute atomic E-state index is 10.6. The first-order valence-corrected chi connectivity index (χ1v) is 6.17. The van der Waals surface area contributed by atoms with Crippen LogP contribution in [0, 0.1) is 13.8 Å². The molecule has 1 aromatic carbocycles. The summed E-state index contributed by atoms with van der Waals surface area (Å²) in [4.78, 5) is 10.6. The highest BCUT2D eigenvalue weighted by Gasteiger charge is 2.12. The Balaban J connectivity index is 2.36. The molecule has 0 saturated heterocycles. The lowest BCUT2D eigenvalue weighted by Crippen LogP contribution is -1.94. The van der Waals surface area contributed by atoms with Gasteiger partial charge in [-0.3, -0.25) is 4.68 Å². The van der Waals surface area contributed by atoms with Gasteiger partial charge in [-0.15, -0.1) is 0 Å². The second kappa shape index (κ2) is 5.61. The number of benzene rings is 1. The molecule has 0 radical (unpaired) electrons. The summed E-state index contributed by atoms with van der Waals surface area (Å²) in [5.74, 6) is 0.307. The predicted octanol–water partition coefficient (Wildman–Crippen LogP) is 2.93. The highest BCUT2D eigenvalue weighted by molar-refractivity contribution is 5.85. The topological polar surface area (TPSA) is 64.4 Å². The molecular weight excluding hydrogens is 256 g/mol. The zero-order chi connectivity index (χ0) is 14.7. The Kier molecular flexibility index (Phi) is 3.89. The Bertz CT molecular complexity index is 672. The SMILES string of the molecule is Cc1nn(C)c(C)c1Oc1ccccc1C=CC(=O)O. The third kappa shape index (κ3) is 2.88. The predicted molar refractivity (Wildman–Crippen MR) is 75.9 cm³/mol. The van der Waals surface area contributed by atoms with Crippen LogP contribution in [0.25, 0.3) is 6.08 Å². The number of aliphatic carboxylic acids is 1. The van der Waals surface area contributed by atoms with E-state index in [9.17, 15) is 4.79 Å². The Labute approximate surface area is 117 Å². The zero-order valence-corrected chi connectivity index (χ0v) is 11.6. The van der Waals surface area contributed by atoms with Crippen molar-refractivity contribution in [1.82, 2.24) is 9.78 Å². The molecule has 0 saturated carbocycles. The summed E-state index contributed by atoms with van der Waals surface area (Å²) in [6, 6.07) is 7.27. The van der Waals surface area contributed by atoms with Crippen LogP contribution in [0.1, 0.15) is 17.0 Å².